The van der Waals surface area contributed by atoms with Crippen LogP contribution >= 0.6 is 0 Å². The Bertz CT molecular complexity index is 618. The molecule has 0 spiro atoms. The lowest BCUT2D eigenvalue weighted by Crippen LogP contribution is -2.02. The van der Waals surface area contributed by atoms with Gasteiger partial charge in [0.2, 0.25) is 0 Å². The molecule has 98 valence electrons. The van der Waals surface area contributed by atoms with Gasteiger partial charge in [-0.3, -0.25) is 4.79 Å². The highest BCUT2D eigenvalue weighted by Gasteiger charge is 2.10. The molecule has 0 saturated carbocycles. The van der Waals surface area contributed by atoms with Crippen molar-refractivity contribution in [2.24, 2.45) is 0 Å². The molecule has 2 aromatic carbocycles. The van der Waals surface area contributed by atoms with E-state index in [-0.39, 0.29) is 11.1 Å². The van der Waals surface area contributed by atoms with Crippen LogP contribution in [-0.4, -0.2) is 11.1 Å². The maximum atomic E-state index is 13.4. The molecule has 2 rings (SSSR count). The third-order valence-electron chi connectivity index (χ3n) is 2.58. The average Bonchev–Trinajstić information content (AvgIpc) is 2.30. The second-order valence-corrected chi connectivity index (χ2v) is 4.03. The topological polar surface area (TPSA) is 37.3 Å². The molecule has 2 aromatic rings. The summed E-state index contributed by atoms with van der Waals surface area (Å²) in [5.74, 6) is -3.34. The second kappa shape index (κ2) is 5.14. The van der Waals surface area contributed by atoms with Gasteiger partial charge < -0.3 is 5.11 Å². The molecule has 0 saturated heterocycles. The summed E-state index contributed by atoms with van der Waals surface area (Å²) in [6, 6.07) is 6.62. The lowest BCUT2D eigenvalue weighted by molar-refractivity contribution is -0.136. The van der Waals surface area contributed by atoms with Gasteiger partial charge in [-0.1, -0.05) is 6.07 Å². The Hall–Kier alpha value is -2.30. The second-order valence-electron chi connectivity index (χ2n) is 4.03. The summed E-state index contributed by atoms with van der Waals surface area (Å²) in [4.78, 5) is 10.6. The molecule has 0 aliphatic heterocycles. The zero-order valence-electron chi connectivity index (χ0n) is 9.66. The summed E-state index contributed by atoms with van der Waals surface area (Å²) in [5, 5.41) is 8.65. The van der Waals surface area contributed by atoms with Crippen molar-refractivity contribution in [2.45, 2.75) is 6.42 Å². The van der Waals surface area contributed by atoms with Crippen molar-refractivity contribution in [1.29, 1.82) is 0 Å². The molecule has 19 heavy (non-hydrogen) atoms. The Morgan fingerprint density at radius 3 is 2.16 bits per heavy atom. The molecule has 0 amide bonds. The van der Waals surface area contributed by atoms with Gasteiger partial charge in [0, 0.05) is 6.07 Å². The summed E-state index contributed by atoms with van der Waals surface area (Å²) in [6.07, 6.45) is -0.489. The largest absolute Gasteiger partial charge is 0.481 e. The van der Waals surface area contributed by atoms with Crippen LogP contribution in [0, 0.1) is 17.5 Å². The number of halogens is 3. The number of hydrogen-bond acceptors (Lipinski definition) is 1. The highest BCUT2D eigenvalue weighted by Crippen LogP contribution is 2.24. The smallest absolute Gasteiger partial charge is 0.307 e. The van der Waals surface area contributed by atoms with Gasteiger partial charge in [0.15, 0.2) is 0 Å². The van der Waals surface area contributed by atoms with E-state index in [1.807, 2.05) is 0 Å². The van der Waals surface area contributed by atoms with Gasteiger partial charge in [0.1, 0.15) is 17.5 Å². The van der Waals surface area contributed by atoms with E-state index in [2.05, 4.69) is 0 Å². The maximum Gasteiger partial charge on any atom is 0.307 e. The van der Waals surface area contributed by atoms with Crippen LogP contribution in [0.1, 0.15) is 5.56 Å². The minimum atomic E-state index is -1.18. The molecule has 0 heterocycles. The number of carboxylic acid groups (broad SMARTS) is 1. The fourth-order valence-electron chi connectivity index (χ4n) is 1.77. The first-order valence-electron chi connectivity index (χ1n) is 5.42. The molecule has 0 aromatic heterocycles. The number of rotatable bonds is 3. The maximum absolute atomic E-state index is 13.4. The summed E-state index contributed by atoms with van der Waals surface area (Å²) in [5.41, 5.74) is 0.551. The Morgan fingerprint density at radius 1 is 0.947 bits per heavy atom. The van der Waals surface area contributed by atoms with Crippen LogP contribution in [0.15, 0.2) is 36.4 Å². The van der Waals surface area contributed by atoms with Crippen molar-refractivity contribution in [3.05, 3.63) is 59.4 Å². The van der Waals surface area contributed by atoms with Crippen LogP contribution in [0.5, 0.6) is 0 Å². The van der Waals surface area contributed by atoms with E-state index in [9.17, 15) is 18.0 Å². The van der Waals surface area contributed by atoms with Crippen molar-refractivity contribution in [3.8, 4) is 11.1 Å². The minimum Gasteiger partial charge on any atom is -0.481 e. The van der Waals surface area contributed by atoms with Crippen molar-refractivity contribution in [3.63, 3.8) is 0 Å². The van der Waals surface area contributed by atoms with E-state index in [1.54, 1.807) is 0 Å². The Morgan fingerprint density at radius 2 is 1.58 bits per heavy atom. The van der Waals surface area contributed by atoms with Crippen LogP contribution in [0.3, 0.4) is 0 Å². The highest BCUT2D eigenvalue weighted by atomic mass is 19.1. The summed E-state index contributed by atoms with van der Waals surface area (Å²) < 4.78 is 39.6. The Kier molecular flexibility index (Phi) is 3.55. The van der Waals surface area contributed by atoms with Crippen LogP contribution in [0.4, 0.5) is 13.2 Å². The lowest BCUT2D eigenvalue weighted by atomic mass is 10.0. The Labute approximate surface area is 107 Å². The first kappa shape index (κ1) is 13.1. The van der Waals surface area contributed by atoms with E-state index < -0.39 is 29.8 Å². The number of carbonyl (C=O) groups is 1. The van der Waals surface area contributed by atoms with Crippen LogP contribution in [-0.2, 0) is 11.2 Å². The van der Waals surface area contributed by atoms with Gasteiger partial charge >= 0.3 is 5.97 Å². The number of aliphatic carboxylic acids is 1. The van der Waals surface area contributed by atoms with Gasteiger partial charge in [0.25, 0.3) is 0 Å². The Balaban J connectivity index is 2.47. The summed E-state index contributed by atoms with van der Waals surface area (Å²) in [6.45, 7) is 0. The SMILES string of the molecule is O=C(O)Cc1cc(-c2cc(F)cc(F)c2)ccc1F. The molecular weight excluding hydrogens is 257 g/mol. The highest BCUT2D eigenvalue weighted by molar-refractivity contribution is 5.72. The van der Waals surface area contributed by atoms with Crippen molar-refractivity contribution >= 4 is 5.97 Å². The molecule has 5 heteroatoms. The van der Waals surface area contributed by atoms with Gasteiger partial charge in [-0.15, -0.1) is 0 Å². The molecule has 1 N–H and O–H groups in total. The monoisotopic (exact) mass is 266 g/mol. The zero-order chi connectivity index (χ0) is 14.0. The van der Waals surface area contributed by atoms with Crippen molar-refractivity contribution in [2.75, 3.05) is 0 Å². The average molecular weight is 266 g/mol. The number of benzene rings is 2. The minimum absolute atomic E-state index is 0.0327. The molecule has 0 bridgehead atoms. The third kappa shape index (κ3) is 3.13. The van der Waals surface area contributed by atoms with Gasteiger partial charge in [-0.25, -0.2) is 13.2 Å². The van der Waals surface area contributed by atoms with Gasteiger partial charge in [-0.05, 0) is 41.0 Å². The van der Waals surface area contributed by atoms with Crippen LogP contribution < -0.4 is 0 Å². The van der Waals surface area contributed by atoms with E-state index >= 15 is 0 Å². The van der Waals surface area contributed by atoms with Crippen LogP contribution in [0.2, 0.25) is 0 Å². The number of carboxylic acids is 1. The summed E-state index contributed by atoms with van der Waals surface area (Å²) >= 11 is 0. The molecule has 0 atom stereocenters. The number of hydrogen-bond donors (Lipinski definition) is 1. The molecule has 0 fully saturated rings. The molecule has 0 aliphatic carbocycles. The molecule has 2 nitrogen and oxygen atoms in total. The standard InChI is InChI=1S/C14H9F3O2/c15-11-4-9(5-12(16)7-11)8-1-2-13(17)10(3-8)6-14(18)19/h1-5,7H,6H2,(H,18,19). The van der Waals surface area contributed by atoms with Gasteiger partial charge in [-0.2, -0.15) is 0 Å². The quantitative estimate of drug-likeness (QED) is 0.924. The fourth-order valence-corrected chi connectivity index (χ4v) is 1.77. The van der Waals surface area contributed by atoms with E-state index in [0.717, 1.165) is 24.3 Å². The normalized spacial score (nSPS) is 10.5. The van der Waals surface area contributed by atoms with E-state index in [0.29, 0.717) is 5.56 Å². The van der Waals surface area contributed by atoms with Crippen molar-refractivity contribution in [1.82, 2.24) is 0 Å². The van der Waals surface area contributed by atoms with E-state index in [1.165, 1.54) is 12.1 Å². The fraction of sp³-hybridized carbons (Fsp3) is 0.0714. The molecule has 0 aliphatic rings. The van der Waals surface area contributed by atoms with Gasteiger partial charge in [0.05, 0.1) is 6.42 Å². The first-order valence-corrected chi connectivity index (χ1v) is 5.42. The zero-order valence-corrected chi connectivity index (χ0v) is 9.66. The first-order chi connectivity index (χ1) is 8.95. The molecule has 0 unspecified atom stereocenters. The van der Waals surface area contributed by atoms with E-state index in [4.69, 9.17) is 5.11 Å². The molecule has 0 radical (unpaired) electrons. The predicted octanol–water partition coefficient (Wildman–Crippen LogP) is 3.40. The third-order valence-corrected chi connectivity index (χ3v) is 2.58. The molecular formula is C14H9F3O2. The lowest BCUT2D eigenvalue weighted by Gasteiger charge is -2.06. The predicted molar refractivity (Wildman–Crippen MR) is 63.1 cm³/mol. The summed E-state index contributed by atoms with van der Waals surface area (Å²) in [7, 11) is 0. The van der Waals surface area contributed by atoms with Crippen molar-refractivity contribution < 1.29 is 23.1 Å². The van der Waals surface area contributed by atoms with Crippen LogP contribution in [0.25, 0.3) is 11.1 Å².